The zero-order valence-electron chi connectivity index (χ0n) is 15.8. The van der Waals surface area contributed by atoms with Gasteiger partial charge in [0.05, 0.1) is 0 Å². The van der Waals surface area contributed by atoms with Gasteiger partial charge in [0, 0.05) is 13.6 Å². The van der Waals surface area contributed by atoms with Gasteiger partial charge in [-0.25, -0.2) is 0 Å². The maximum Gasteiger partial charge on any atom is 0.261 e. The van der Waals surface area contributed by atoms with Gasteiger partial charge in [-0.1, -0.05) is 48.0 Å². The molecule has 0 bridgehead atoms. The molecule has 0 aliphatic rings. The lowest BCUT2D eigenvalue weighted by atomic mass is 10.1. The highest BCUT2D eigenvalue weighted by Crippen LogP contribution is 2.17. The minimum atomic E-state index is -0.589. The van der Waals surface area contributed by atoms with Crippen molar-refractivity contribution in [3.63, 3.8) is 0 Å². The molecule has 0 aromatic heterocycles. The minimum Gasteiger partial charge on any atom is -0.484 e. The van der Waals surface area contributed by atoms with Crippen molar-refractivity contribution in [1.29, 1.82) is 0 Å². The topological polar surface area (TPSA) is 58.6 Å². The van der Waals surface area contributed by atoms with Crippen LogP contribution in [0, 0.1) is 13.8 Å². The molecule has 0 aliphatic carbocycles. The number of aryl methyl sites for hydroxylation is 2. The third-order valence-corrected chi connectivity index (χ3v) is 4.29. The maximum absolute atomic E-state index is 12.8. The molecule has 0 saturated heterocycles. The Morgan fingerprint density at radius 1 is 1.12 bits per heavy atom. The van der Waals surface area contributed by atoms with Crippen LogP contribution in [0.25, 0.3) is 0 Å². The fraction of sp³-hybridized carbons (Fsp3) is 0.333. The van der Waals surface area contributed by atoms with Crippen LogP contribution in [0.3, 0.4) is 0 Å². The van der Waals surface area contributed by atoms with Crippen LogP contribution < -0.4 is 10.1 Å². The molecule has 0 radical (unpaired) electrons. The lowest BCUT2D eigenvalue weighted by molar-refractivity contribution is -0.142. The van der Waals surface area contributed by atoms with Crippen LogP contribution in [-0.4, -0.2) is 36.4 Å². The average Bonchev–Trinajstić information content (AvgIpc) is 2.64. The number of hydrogen-bond acceptors (Lipinski definition) is 3. The van der Waals surface area contributed by atoms with Gasteiger partial charge in [-0.05, 0) is 38.0 Å². The molecule has 26 heavy (non-hydrogen) atoms. The monoisotopic (exact) mass is 354 g/mol. The van der Waals surface area contributed by atoms with Crippen molar-refractivity contribution in [3.8, 4) is 5.75 Å². The van der Waals surface area contributed by atoms with E-state index in [9.17, 15) is 9.59 Å². The first kappa shape index (κ1) is 19.5. The predicted octanol–water partition coefficient (Wildman–Crippen LogP) is 2.85. The number of para-hydroxylation sites is 1. The molecule has 5 nitrogen and oxygen atoms in total. The summed E-state index contributed by atoms with van der Waals surface area (Å²) in [6.07, 6.45) is 0. The highest BCUT2D eigenvalue weighted by atomic mass is 16.5. The van der Waals surface area contributed by atoms with Gasteiger partial charge in [0.15, 0.2) is 6.61 Å². The summed E-state index contributed by atoms with van der Waals surface area (Å²) in [5.74, 6) is 0.233. The van der Waals surface area contributed by atoms with E-state index in [1.807, 2.05) is 62.4 Å². The first-order valence-electron chi connectivity index (χ1n) is 8.67. The van der Waals surface area contributed by atoms with E-state index >= 15 is 0 Å². The zero-order chi connectivity index (χ0) is 19.1. The first-order chi connectivity index (χ1) is 12.4. The molecular formula is C21H26N2O3. The van der Waals surface area contributed by atoms with E-state index in [2.05, 4.69) is 5.32 Å². The van der Waals surface area contributed by atoms with Gasteiger partial charge in [0.25, 0.3) is 5.91 Å². The molecular weight excluding hydrogens is 328 g/mol. The van der Waals surface area contributed by atoms with Gasteiger partial charge >= 0.3 is 0 Å². The summed E-state index contributed by atoms with van der Waals surface area (Å²) in [5.41, 5.74) is 3.05. The summed E-state index contributed by atoms with van der Waals surface area (Å²) >= 11 is 0. The van der Waals surface area contributed by atoms with E-state index in [4.69, 9.17) is 4.74 Å². The van der Waals surface area contributed by atoms with E-state index in [-0.39, 0.29) is 18.4 Å². The van der Waals surface area contributed by atoms with Gasteiger partial charge in [-0.15, -0.1) is 0 Å². The molecule has 0 unspecified atom stereocenters. The highest BCUT2D eigenvalue weighted by Gasteiger charge is 2.25. The molecule has 0 saturated carbocycles. The van der Waals surface area contributed by atoms with Gasteiger partial charge < -0.3 is 15.0 Å². The Morgan fingerprint density at radius 3 is 2.50 bits per heavy atom. The quantitative estimate of drug-likeness (QED) is 0.832. The van der Waals surface area contributed by atoms with Gasteiger partial charge in [-0.3, -0.25) is 9.59 Å². The Bertz CT molecular complexity index is 773. The van der Waals surface area contributed by atoms with Crippen LogP contribution >= 0.6 is 0 Å². The number of likely N-dealkylation sites (N-methyl/N-ethyl adjacent to an activating group) is 1. The van der Waals surface area contributed by atoms with Crippen LogP contribution in [0.15, 0.2) is 48.5 Å². The van der Waals surface area contributed by atoms with Crippen molar-refractivity contribution in [2.75, 3.05) is 13.7 Å². The van der Waals surface area contributed by atoms with Crippen LogP contribution in [0.1, 0.15) is 23.6 Å². The van der Waals surface area contributed by atoms with E-state index in [1.54, 1.807) is 18.9 Å². The second kappa shape index (κ2) is 9.04. The first-order valence-corrected chi connectivity index (χ1v) is 8.67. The highest BCUT2D eigenvalue weighted by molar-refractivity contribution is 5.87. The van der Waals surface area contributed by atoms with Crippen molar-refractivity contribution in [2.45, 2.75) is 33.4 Å². The minimum absolute atomic E-state index is 0.113. The van der Waals surface area contributed by atoms with Gasteiger partial charge in [0.2, 0.25) is 5.91 Å². The summed E-state index contributed by atoms with van der Waals surface area (Å²) in [6, 6.07) is 14.9. The molecule has 0 heterocycles. The molecule has 0 fully saturated rings. The molecule has 2 rings (SSSR count). The lowest BCUT2D eigenvalue weighted by Crippen LogP contribution is -2.48. The predicted molar refractivity (Wildman–Crippen MR) is 102 cm³/mol. The molecule has 0 aliphatic heterocycles. The van der Waals surface area contributed by atoms with E-state index < -0.39 is 6.04 Å². The normalized spacial score (nSPS) is 11.5. The molecule has 5 heteroatoms. The second-order valence-corrected chi connectivity index (χ2v) is 6.36. The van der Waals surface area contributed by atoms with Crippen molar-refractivity contribution >= 4 is 11.8 Å². The summed E-state index contributed by atoms with van der Waals surface area (Å²) in [4.78, 5) is 26.4. The second-order valence-electron chi connectivity index (χ2n) is 6.36. The molecule has 2 aromatic rings. The summed E-state index contributed by atoms with van der Waals surface area (Å²) in [5, 5.41) is 2.61. The zero-order valence-corrected chi connectivity index (χ0v) is 15.8. The third kappa shape index (κ3) is 5.09. The number of ether oxygens (including phenoxy) is 1. The molecule has 138 valence electrons. The number of nitrogens with one attached hydrogen (secondary N) is 1. The standard InChI is InChI=1S/C21H26N2O3/c1-15-8-7-10-18(12-15)13-23(17(3)21(25)22-4)20(24)14-26-19-11-6-5-9-16(19)2/h5-12,17H,13-14H2,1-4H3,(H,22,25)/t17-/m1/s1. The molecule has 2 aromatic carbocycles. The number of hydrogen-bond donors (Lipinski definition) is 1. The molecule has 2 amide bonds. The summed E-state index contributed by atoms with van der Waals surface area (Å²) in [6.45, 7) is 5.89. The van der Waals surface area contributed by atoms with E-state index in [0.717, 1.165) is 16.7 Å². The van der Waals surface area contributed by atoms with Crippen LogP contribution in [0.2, 0.25) is 0 Å². The summed E-state index contributed by atoms with van der Waals surface area (Å²) < 4.78 is 5.68. The van der Waals surface area contributed by atoms with Crippen molar-refractivity contribution < 1.29 is 14.3 Å². The van der Waals surface area contributed by atoms with Crippen LogP contribution in [0.5, 0.6) is 5.75 Å². The Balaban J connectivity index is 2.15. The van der Waals surface area contributed by atoms with Crippen LogP contribution in [-0.2, 0) is 16.1 Å². The van der Waals surface area contributed by atoms with E-state index in [1.165, 1.54) is 0 Å². The Morgan fingerprint density at radius 2 is 1.85 bits per heavy atom. The van der Waals surface area contributed by atoms with Crippen molar-refractivity contribution in [3.05, 3.63) is 65.2 Å². The third-order valence-electron chi connectivity index (χ3n) is 4.29. The molecule has 1 N–H and O–H groups in total. The van der Waals surface area contributed by atoms with E-state index in [0.29, 0.717) is 12.3 Å². The maximum atomic E-state index is 12.8. The van der Waals surface area contributed by atoms with Gasteiger partial charge in [-0.2, -0.15) is 0 Å². The van der Waals surface area contributed by atoms with Crippen molar-refractivity contribution in [2.24, 2.45) is 0 Å². The molecule has 0 spiro atoms. The average molecular weight is 354 g/mol. The number of amides is 2. The fourth-order valence-electron chi connectivity index (χ4n) is 2.74. The molecule has 1 atom stereocenters. The number of nitrogens with zero attached hydrogens (tertiary/aromatic N) is 1. The Kier molecular flexibility index (Phi) is 6.78. The smallest absolute Gasteiger partial charge is 0.261 e. The summed E-state index contributed by atoms with van der Waals surface area (Å²) in [7, 11) is 1.57. The largest absolute Gasteiger partial charge is 0.484 e. The Hall–Kier alpha value is -2.82. The number of carbonyl (C=O) groups excluding carboxylic acids is 2. The number of rotatable bonds is 7. The fourth-order valence-corrected chi connectivity index (χ4v) is 2.74. The lowest BCUT2D eigenvalue weighted by Gasteiger charge is -2.28. The van der Waals surface area contributed by atoms with Crippen LogP contribution in [0.4, 0.5) is 0 Å². The number of benzene rings is 2. The van der Waals surface area contributed by atoms with Gasteiger partial charge in [0.1, 0.15) is 11.8 Å². The Labute approximate surface area is 155 Å². The number of carbonyl (C=O) groups is 2. The SMILES string of the molecule is CNC(=O)[C@@H](C)N(Cc1cccc(C)c1)C(=O)COc1ccccc1C. The van der Waals surface area contributed by atoms with Crippen molar-refractivity contribution in [1.82, 2.24) is 10.2 Å².